The molecule has 2 rings (SSSR count). The van der Waals surface area contributed by atoms with Crippen LogP contribution in [0.25, 0.3) is 0 Å². The summed E-state index contributed by atoms with van der Waals surface area (Å²) in [6.07, 6.45) is 3.38. The minimum absolute atomic E-state index is 0.246. The van der Waals surface area contributed by atoms with E-state index in [1.54, 1.807) is 20.9 Å². The third-order valence-electron chi connectivity index (χ3n) is 3.83. The van der Waals surface area contributed by atoms with Crippen molar-refractivity contribution in [3.8, 4) is 0 Å². The molecule has 0 saturated heterocycles. The van der Waals surface area contributed by atoms with E-state index in [1.807, 2.05) is 0 Å². The van der Waals surface area contributed by atoms with Crippen molar-refractivity contribution in [2.45, 2.75) is 38.0 Å². The van der Waals surface area contributed by atoms with Gasteiger partial charge in [0.15, 0.2) is 0 Å². The van der Waals surface area contributed by atoms with Crippen molar-refractivity contribution in [3.63, 3.8) is 0 Å². The van der Waals surface area contributed by atoms with Crippen LogP contribution in [-0.4, -0.2) is 26.3 Å². The van der Waals surface area contributed by atoms with Crippen LogP contribution in [0.5, 0.6) is 0 Å². The average Bonchev–Trinajstić information content (AvgIpc) is 2.20. The van der Waals surface area contributed by atoms with Gasteiger partial charge in [0.1, 0.15) is 5.82 Å². The predicted molar refractivity (Wildman–Crippen MR) is 73.0 cm³/mol. The normalized spacial score (nSPS) is 16.7. The third-order valence-corrected chi connectivity index (χ3v) is 5.96. The van der Waals surface area contributed by atoms with Gasteiger partial charge in [-0.25, -0.2) is 17.1 Å². The lowest BCUT2D eigenvalue weighted by Crippen LogP contribution is -2.35. The fourth-order valence-corrected chi connectivity index (χ4v) is 4.25. The molecule has 1 fully saturated rings. The van der Waals surface area contributed by atoms with Gasteiger partial charge in [-0.1, -0.05) is 6.42 Å². The van der Waals surface area contributed by atoms with Crippen LogP contribution in [0, 0.1) is 25.6 Å². The van der Waals surface area contributed by atoms with Crippen molar-refractivity contribution in [1.82, 2.24) is 4.31 Å². The first-order chi connectivity index (χ1) is 8.82. The maximum Gasteiger partial charge on any atom is 0.243 e. The Morgan fingerprint density at radius 2 is 1.79 bits per heavy atom. The monoisotopic (exact) mass is 285 g/mol. The Labute approximate surface area is 114 Å². The summed E-state index contributed by atoms with van der Waals surface area (Å²) in [7, 11) is -1.91. The number of benzene rings is 1. The number of aryl methyl sites for hydroxylation is 2. The van der Waals surface area contributed by atoms with Crippen molar-refractivity contribution in [2.75, 3.05) is 13.6 Å². The van der Waals surface area contributed by atoms with E-state index in [0.29, 0.717) is 23.6 Å². The quantitative estimate of drug-likeness (QED) is 0.853. The zero-order chi connectivity index (χ0) is 14.2. The molecule has 1 aromatic rings. The molecule has 1 aromatic carbocycles. The van der Waals surface area contributed by atoms with Crippen molar-refractivity contribution in [1.29, 1.82) is 0 Å². The molecule has 0 amide bonds. The van der Waals surface area contributed by atoms with Crippen molar-refractivity contribution >= 4 is 10.0 Å². The summed E-state index contributed by atoms with van der Waals surface area (Å²) in [4.78, 5) is 0.246. The van der Waals surface area contributed by atoms with E-state index in [0.717, 1.165) is 12.8 Å². The van der Waals surface area contributed by atoms with Gasteiger partial charge in [-0.2, -0.15) is 0 Å². The van der Waals surface area contributed by atoms with E-state index >= 15 is 0 Å². The first-order valence-electron chi connectivity index (χ1n) is 6.55. The Hall–Kier alpha value is -0.940. The Bertz CT molecular complexity index is 556. The molecule has 19 heavy (non-hydrogen) atoms. The Kier molecular flexibility index (Phi) is 3.97. The molecule has 0 aromatic heterocycles. The van der Waals surface area contributed by atoms with Gasteiger partial charge in [-0.3, -0.25) is 0 Å². The summed E-state index contributed by atoms with van der Waals surface area (Å²) in [5.74, 6) is 0.0800. The van der Waals surface area contributed by atoms with Crippen LogP contribution in [0.15, 0.2) is 17.0 Å². The van der Waals surface area contributed by atoms with Crippen LogP contribution in [-0.2, 0) is 10.0 Å². The molecule has 1 aliphatic rings. The molecular weight excluding hydrogens is 265 g/mol. The summed E-state index contributed by atoms with van der Waals surface area (Å²) in [5.41, 5.74) is 0.941. The zero-order valence-electron chi connectivity index (χ0n) is 11.6. The Morgan fingerprint density at radius 3 is 2.21 bits per heavy atom. The summed E-state index contributed by atoms with van der Waals surface area (Å²) in [6, 6.07) is 2.55. The Balaban J connectivity index is 2.33. The van der Waals surface area contributed by atoms with E-state index in [4.69, 9.17) is 0 Å². The van der Waals surface area contributed by atoms with Crippen LogP contribution < -0.4 is 0 Å². The first kappa shape index (κ1) is 14.5. The number of hydrogen-bond donors (Lipinski definition) is 0. The number of rotatable bonds is 4. The molecule has 0 heterocycles. The summed E-state index contributed by atoms with van der Waals surface area (Å²) >= 11 is 0. The lowest BCUT2D eigenvalue weighted by Gasteiger charge is -2.30. The predicted octanol–water partition coefficient (Wildman–Crippen LogP) is 2.86. The van der Waals surface area contributed by atoms with Crippen molar-refractivity contribution in [3.05, 3.63) is 29.1 Å². The molecule has 0 unspecified atom stereocenters. The second-order valence-corrected chi connectivity index (χ2v) is 7.43. The zero-order valence-corrected chi connectivity index (χ0v) is 12.4. The molecule has 0 atom stereocenters. The van der Waals surface area contributed by atoms with E-state index in [2.05, 4.69) is 0 Å². The molecule has 0 N–H and O–H groups in total. The van der Waals surface area contributed by atoms with Gasteiger partial charge in [-0.15, -0.1) is 0 Å². The maximum absolute atomic E-state index is 13.3. The van der Waals surface area contributed by atoms with Crippen LogP contribution in [0.4, 0.5) is 4.39 Å². The van der Waals surface area contributed by atoms with Crippen LogP contribution in [0.3, 0.4) is 0 Å². The number of halogens is 1. The minimum Gasteiger partial charge on any atom is -0.207 e. The maximum atomic E-state index is 13.3. The highest BCUT2D eigenvalue weighted by Gasteiger charge is 2.29. The first-order valence-corrected chi connectivity index (χ1v) is 7.99. The van der Waals surface area contributed by atoms with Gasteiger partial charge in [0, 0.05) is 13.6 Å². The van der Waals surface area contributed by atoms with Crippen LogP contribution in [0.1, 0.15) is 30.4 Å². The summed E-state index contributed by atoms with van der Waals surface area (Å²) < 4.78 is 39.8. The largest absolute Gasteiger partial charge is 0.243 e. The van der Waals surface area contributed by atoms with E-state index < -0.39 is 15.8 Å². The standard InChI is InChI=1S/C14H20FNO2S/c1-10-7-13(15)8-11(2)14(10)19(17,18)16(3)9-12-5-4-6-12/h7-8,12H,4-6,9H2,1-3H3. The van der Waals surface area contributed by atoms with E-state index in [-0.39, 0.29) is 4.90 Å². The summed E-state index contributed by atoms with van der Waals surface area (Å²) in [5, 5.41) is 0. The van der Waals surface area contributed by atoms with Crippen LogP contribution >= 0.6 is 0 Å². The van der Waals surface area contributed by atoms with Gasteiger partial charge >= 0.3 is 0 Å². The van der Waals surface area contributed by atoms with E-state index in [9.17, 15) is 12.8 Å². The second kappa shape index (κ2) is 5.21. The molecule has 0 radical (unpaired) electrons. The fraction of sp³-hybridized carbons (Fsp3) is 0.571. The number of nitrogens with zero attached hydrogens (tertiary/aromatic N) is 1. The number of sulfonamides is 1. The molecule has 5 heteroatoms. The van der Waals surface area contributed by atoms with Gasteiger partial charge in [0.2, 0.25) is 10.0 Å². The van der Waals surface area contributed by atoms with Gasteiger partial charge in [-0.05, 0) is 55.9 Å². The average molecular weight is 285 g/mol. The molecule has 1 aliphatic carbocycles. The minimum atomic E-state index is -3.52. The Morgan fingerprint density at radius 1 is 1.26 bits per heavy atom. The molecule has 3 nitrogen and oxygen atoms in total. The van der Waals surface area contributed by atoms with Crippen LogP contribution in [0.2, 0.25) is 0 Å². The topological polar surface area (TPSA) is 37.4 Å². The second-order valence-electron chi connectivity index (χ2n) is 5.45. The molecule has 0 bridgehead atoms. The van der Waals surface area contributed by atoms with Crippen molar-refractivity contribution in [2.24, 2.45) is 5.92 Å². The SMILES string of the molecule is Cc1cc(F)cc(C)c1S(=O)(=O)N(C)CC1CCC1. The lowest BCUT2D eigenvalue weighted by molar-refractivity contribution is 0.263. The smallest absolute Gasteiger partial charge is 0.207 e. The highest BCUT2D eigenvalue weighted by molar-refractivity contribution is 7.89. The van der Waals surface area contributed by atoms with Crippen molar-refractivity contribution < 1.29 is 12.8 Å². The molecule has 0 spiro atoms. The molecule has 1 saturated carbocycles. The van der Waals surface area contributed by atoms with Gasteiger partial charge < -0.3 is 0 Å². The fourth-order valence-electron chi connectivity index (χ4n) is 2.60. The molecule has 106 valence electrons. The summed E-state index contributed by atoms with van der Waals surface area (Å²) in [6.45, 7) is 3.83. The highest BCUT2D eigenvalue weighted by Crippen LogP contribution is 2.30. The van der Waals surface area contributed by atoms with Gasteiger partial charge in [0.25, 0.3) is 0 Å². The lowest BCUT2D eigenvalue weighted by atomic mass is 9.86. The highest BCUT2D eigenvalue weighted by atomic mass is 32.2. The van der Waals surface area contributed by atoms with Gasteiger partial charge in [0.05, 0.1) is 4.90 Å². The third kappa shape index (κ3) is 2.82. The molecule has 0 aliphatic heterocycles. The number of hydrogen-bond acceptors (Lipinski definition) is 2. The van der Waals surface area contributed by atoms with E-state index in [1.165, 1.54) is 22.9 Å². The molecular formula is C14H20FNO2S.